The van der Waals surface area contributed by atoms with E-state index in [2.05, 4.69) is 10.3 Å². The number of nitrogens with zero attached hydrogens (tertiary/aromatic N) is 1. The van der Waals surface area contributed by atoms with E-state index in [0.717, 1.165) is 11.6 Å². The van der Waals surface area contributed by atoms with Crippen molar-refractivity contribution in [2.75, 3.05) is 6.54 Å². The van der Waals surface area contributed by atoms with Gasteiger partial charge in [0.05, 0.1) is 5.01 Å². The van der Waals surface area contributed by atoms with Gasteiger partial charge >= 0.3 is 5.97 Å². The SMILES string of the molecule is Cl.O=C(O)[C@@H]1C[C@H](c2nccs2)CN1. The molecule has 0 saturated carbocycles. The van der Waals surface area contributed by atoms with E-state index in [1.54, 1.807) is 17.5 Å². The third-order valence-corrected chi connectivity index (χ3v) is 3.17. The van der Waals surface area contributed by atoms with Gasteiger partial charge in [-0.05, 0) is 6.42 Å². The molecule has 1 aromatic rings. The molecular weight excluding hydrogens is 224 g/mol. The molecule has 14 heavy (non-hydrogen) atoms. The van der Waals surface area contributed by atoms with Gasteiger partial charge in [0, 0.05) is 24.0 Å². The van der Waals surface area contributed by atoms with Crippen molar-refractivity contribution in [2.45, 2.75) is 18.4 Å². The Morgan fingerprint density at radius 3 is 3.00 bits per heavy atom. The first-order valence-electron chi connectivity index (χ1n) is 4.13. The summed E-state index contributed by atoms with van der Waals surface area (Å²) in [6, 6.07) is -0.395. The number of carboxylic acid groups (broad SMARTS) is 1. The molecule has 6 heteroatoms. The van der Waals surface area contributed by atoms with Crippen LogP contribution in [0.4, 0.5) is 0 Å². The maximum Gasteiger partial charge on any atom is 0.320 e. The molecule has 0 aliphatic carbocycles. The second-order valence-electron chi connectivity index (χ2n) is 3.10. The van der Waals surface area contributed by atoms with Crippen molar-refractivity contribution in [3.8, 4) is 0 Å². The molecule has 78 valence electrons. The fourth-order valence-electron chi connectivity index (χ4n) is 1.55. The summed E-state index contributed by atoms with van der Waals surface area (Å²) in [4.78, 5) is 14.8. The normalized spacial score (nSPS) is 25.7. The van der Waals surface area contributed by atoms with Crippen molar-refractivity contribution in [3.63, 3.8) is 0 Å². The summed E-state index contributed by atoms with van der Waals surface area (Å²) in [7, 11) is 0. The molecule has 0 spiro atoms. The van der Waals surface area contributed by atoms with Gasteiger partial charge in [0.25, 0.3) is 0 Å². The summed E-state index contributed by atoms with van der Waals surface area (Å²) in [6.07, 6.45) is 2.41. The van der Waals surface area contributed by atoms with Crippen LogP contribution in [0.25, 0.3) is 0 Å². The summed E-state index contributed by atoms with van der Waals surface area (Å²) in [5.74, 6) is -0.486. The van der Waals surface area contributed by atoms with Gasteiger partial charge in [-0.15, -0.1) is 23.7 Å². The molecule has 2 rings (SSSR count). The van der Waals surface area contributed by atoms with E-state index in [1.165, 1.54) is 0 Å². The minimum atomic E-state index is -0.765. The predicted octanol–water partition coefficient (Wildman–Crippen LogP) is 1.09. The first-order valence-corrected chi connectivity index (χ1v) is 5.01. The zero-order valence-electron chi connectivity index (χ0n) is 7.34. The molecule has 0 amide bonds. The Balaban J connectivity index is 0.000000980. The minimum Gasteiger partial charge on any atom is -0.480 e. The highest BCUT2D eigenvalue weighted by Crippen LogP contribution is 2.26. The Kier molecular flexibility index (Phi) is 3.86. The van der Waals surface area contributed by atoms with Gasteiger partial charge < -0.3 is 10.4 Å². The second kappa shape index (κ2) is 4.72. The van der Waals surface area contributed by atoms with Crippen molar-refractivity contribution in [1.82, 2.24) is 10.3 Å². The average molecular weight is 235 g/mol. The topological polar surface area (TPSA) is 62.2 Å². The van der Waals surface area contributed by atoms with Gasteiger partial charge in [-0.3, -0.25) is 4.79 Å². The zero-order chi connectivity index (χ0) is 9.26. The molecule has 1 saturated heterocycles. The van der Waals surface area contributed by atoms with Crippen molar-refractivity contribution in [3.05, 3.63) is 16.6 Å². The molecular formula is C8H11ClN2O2S. The number of hydrogen-bond donors (Lipinski definition) is 2. The predicted molar refractivity (Wildman–Crippen MR) is 56.1 cm³/mol. The summed E-state index contributed by atoms with van der Waals surface area (Å²) >= 11 is 1.59. The molecule has 0 bridgehead atoms. The van der Waals surface area contributed by atoms with E-state index < -0.39 is 12.0 Å². The van der Waals surface area contributed by atoms with Gasteiger partial charge in [0.1, 0.15) is 6.04 Å². The van der Waals surface area contributed by atoms with Crippen LogP contribution in [0, 0.1) is 0 Å². The third kappa shape index (κ3) is 2.23. The van der Waals surface area contributed by atoms with Crippen molar-refractivity contribution >= 4 is 29.7 Å². The highest BCUT2D eigenvalue weighted by Gasteiger charge is 2.31. The monoisotopic (exact) mass is 234 g/mol. The Bertz CT molecular complexity index is 304. The van der Waals surface area contributed by atoms with E-state index >= 15 is 0 Å². The Morgan fingerprint density at radius 1 is 1.71 bits per heavy atom. The van der Waals surface area contributed by atoms with E-state index in [9.17, 15) is 4.79 Å². The highest BCUT2D eigenvalue weighted by atomic mass is 35.5. The maximum atomic E-state index is 10.6. The van der Waals surface area contributed by atoms with Gasteiger partial charge in [-0.25, -0.2) is 4.98 Å². The van der Waals surface area contributed by atoms with Crippen LogP contribution in [0.3, 0.4) is 0 Å². The smallest absolute Gasteiger partial charge is 0.320 e. The minimum absolute atomic E-state index is 0. The number of thiazole rings is 1. The third-order valence-electron chi connectivity index (χ3n) is 2.23. The maximum absolute atomic E-state index is 10.6. The fourth-order valence-corrected chi connectivity index (χ4v) is 2.30. The molecule has 2 heterocycles. The summed E-state index contributed by atoms with van der Waals surface area (Å²) in [5, 5.41) is 14.7. The van der Waals surface area contributed by atoms with Crippen LogP contribution in [0.15, 0.2) is 11.6 Å². The van der Waals surface area contributed by atoms with Crippen LogP contribution in [0.1, 0.15) is 17.3 Å². The lowest BCUT2D eigenvalue weighted by Crippen LogP contribution is -2.29. The molecule has 0 radical (unpaired) electrons. The van der Waals surface area contributed by atoms with Crippen LogP contribution in [-0.2, 0) is 4.79 Å². The molecule has 0 aromatic carbocycles. The lowest BCUT2D eigenvalue weighted by atomic mass is 10.1. The number of nitrogens with one attached hydrogen (secondary N) is 1. The van der Waals surface area contributed by atoms with E-state index in [0.29, 0.717) is 6.42 Å². The van der Waals surface area contributed by atoms with Crippen molar-refractivity contribution < 1.29 is 9.90 Å². The van der Waals surface area contributed by atoms with Crippen LogP contribution < -0.4 is 5.32 Å². The zero-order valence-corrected chi connectivity index (χ0v) is 8.98. The number of halogens is 1. The number of carbonyl (C=O) groups is 1. The molecule has 2 atom stereocenters. The van der Waals surface area contributed by atoms with Crippen LogP contribution in [0.5, 0.6) is 0 Å². The summed E-state index contributed by atoms with van der Waals surface area (Å²) < 4.78 is 0. The number of rotatable bonds is 2. The molecule has 2 N–H and O–H groups in total. The highest BCUT2D eigenvalue weighted by molar-refractivity contribution is 7.09. The first kappa shape index (κ1) is 11.4. The lowest BCUT2D eigenvalue weighted by Gasteiger charge is -2.02. The lowest BCUT2D eigenvalue weighted by molar-refractivity contribution is -0.139. The van der Waals surface area contributed by atoms with E-state index in [-0.39, 0.29) is 18.3 Å². The molecule has 4 nitrogen and oxygen atoms in total. The van der Waals surface area contributed by atoms with Gasteiger partial charge in [-0.2, -0.15) is 0 Å². The Morgan fingerprint density at radius 2 is 2.50 bits per heavy atom. The number of aromatic nitrogens is 1. The van der Waals surface area contributed by atoms with Crippen molar-refractivity contribution in [1.29, 1.82) is 0 Å². The number of hydrogen-bond acceptors (Lipinski definition) is 4. The Labute approximate surface area is 91.8 Å². The van der Waals surface area contributed by atoms with E-state index in [1.807, 2.05) is 5.38 Å². The van der Waals surface area contributed by atoms with Crippen molar-refractivity contribution in [2.24, 2.45) is 0 Å². The first-order chi connectivity index (χ1) is 6.27. The number of carboxylic acids is 1. The fraction of sp³-hybridized carbons (Fsp3) is 0.500. The molecule has 1 aromatic heterocycles. The average Bonchev–Trinajstić information content (AvgIpc) is 2.75. The molecule has 0 unspecified atom stereocenters. The van der Waals surface area contributed by atoms with Crippen LogP contribution in [0.2, 0.25) is 0 Å². The molecule has 1 aliphatic rings. The largest absolute Gasteiger partial charge is 0.480 e. The van der Waals surface area contributed by atoms with Gasteiger partial charge in [-0.1, -0.05) is 0 Å². The molecule has 1 aliphatic heterocycles. The van der Waals surface area contributed by atoms with E-state index in [4.69, 9.17) is 5.11 Å². The van der Waals surface area contributed by atoms with Crippen LogP contribution >= 0.6 is 23.7 Å². The molecule has 1 fully saturated rings. The Hall–Kier alpha value is -0.650. The summed E-state index contributed by atoms with van der Waals surface area (Å²) in [6.45, 7) is 0.727. The van der Waals surface area contributed by atoms with Gasteiger partial charge in [0.2, 0.25) is 0 Å². The second-order valence-corrected chi connectivity index (χ2v) is 4.03. The quantitative estimate of drug-likeness (QED) is 0.805. The standard InChI is InChI=1S/C8H10N2O2S.ClH/c11-8(12)6-3-5(4-10-6)7-9-1-2-13-7;/h1-2,5-6,10H,3-4H2,(H,11,12);1H/t5-,6-;/m0./s1. The number of aliphatic carboxylic acids is 1. The van der Waals surface area contributed by atoms with Gasteiger partial charge in [0.15, 0.2) is 0 Å². The summed E-state index contributed by atoms with van der Waals surface area (Å²) in [5.41, 5.74) is 0. The van der Waals surface area contributed by atoms with Crippen LogP contribution in [-0.4, -0.2) is 28.6 Å².